The Kier molecular flexibility index (Phi) is 13.6. The van der Waals surface area contributed by atoms with E-state index >= 15 is 0 Å². The number of carboxylic acids is 1. The second kappa shape index (κ2) is 15.9. The van der Waals surface area contributed by atoms with E-state index in [1.54, 1.807) is 12.1 Å². The summed E-state index contributed by atoms with van der Waals surface area (Å²) < 4.78 is 5.20. The molecule has 28 heavy (non-hydrogen) atoms. The third-order valence-electron chi connectivity index (χ3n) is 4.77. The van der Waals surface area contributed by atoms with E-state index in [0.717, 1.165) is 25.7 Å². The van der Waals surface area contributed by atoms with Gasteiger partial charge in [-0.2, -0.15) is 0 Å². The fourth-order valence-electron chi connectivity index (χ4n) is 3.09. The maximum absolute atomic E-state index is 12.0. The summed E-state index contributed by atoms with van der Waals surface area (Å²) in [6.45, 7) is 2.57. The van der Waals surface area contributed by atoms with Gasteiger partial charge in [0.2, 0.25) is 0 Å². The van der Waals surface area contributed by atoms with Crippen LogP contribution >= 0.6 is 0 Å². The molecule has 0 radical (unpaired) electrons. The first-order chi connectivity index (χ1) is 13.7. The third-order valence-corrected chi connectivity index (χ3v) is 4.77. The number of aromatic carboxylic acids is 1. The molecule has 0 unspecified atom stereocenters. The van der Waals surface area contributed by atoms with E-state index in [4.69, 9.17) is 9.84 Å². The van der Waals surface area contributed by atoms with E-state index in [1.165, 1.54) is 63.5 Å². The molecule has 0 spiro atoms. The summed E-state index contributed by atoms with van der Waals surface area (Å²) in [6.07, 6.45) is 19.1. The van der Waals surface area contributed by atoms with Crippen LogP contribution in [0.2, 0.25) is 0 Å². The minimum atomic E-state index is -1.12. The van der Waals surface area contributed by atoms with Crippen LogP contribution in [-0.4, -0.2) is 23.7 Å². The Labute approximate surface area is 170 Å². The van der Waals surface area contributed by atoms with Gasteiger partial charge in [-0.15, -0.1) is 0 Å². The van der Waals surface area contributed by atoms with Crippen LogP contribution in [0.5, 0.6) is 0 Å². The molecule has 0 amide bonds. The summed E-state index contributed by atoms with van der Waals surface area (Å²) in [4.78, 5) is 23.1. The Balaban J connectivity index is 2.01. The molecule has 1 N–H and O–H groups in total. The predicted molar refractivity (Wildman–Crippen MR) is 114 cm³/mol. The van der Waals surface area contributed by atoms with Gasteiger partial charge in [0, 0.05) is 0 Å². The van der Waals surface area contributed by atoms with Crippen LogP contribution in [0.15, 0.2) is 36.4 Å². The molecule has 0 aliphatic carbocycles. The molecule has 1 rings (SSSR count). The third kappa shape index (κ3) is 10.9. The summed E-state index contributed by atoms with van der Waals surface area (Å²) in [7, 11) is 0. The lowest BCUT2D eigenvalue weighted by atomic mass is 10.1. The maximum Gasteiger partial charge on any atom is 0.339 e. The van der Waals surface area contributed by atoms with Gasteiger partial charge in [-0.25, -0.2) is 9.59 Å². The lowest BCUT2D eigenvalue weighted by Gasteiger charge is -2.06. The van der Waals surface area contributed by atoms with Crippen LogP contribution in [0.1, 0.15) is 105 Å². The van der Waals surface area contributed by atoms with Crippen molar-refractivity contribution in [1.29, 1.82) is 0 Å². The number of ether oxygens (including phenoxy) is 1. The van der Waals surface area contributed by atoms with Gasteiger partial charge < -0.3 is 9.84 Å². The molecule has 0 saturated heterocycles. The first-order valence-corrected chi connectivity index (χ1v) is 10.8. The van der Waals surface area contributed by atoms with Crippen LogP contribution in [0.25, 0.3) is 0 Å². The van der Waals surface area contributed by atoms with Gasteiger partial charge >= 0.3 is 11.9 Å². The van der Waals surface area contributed by atoms with Crippen molar-refractivity contribution >= 4 is 11.9 Å². The molecule has 1 aromatic rings. The van der Waals surface area contributed by atoms with Crippen molar-refractivity contribution in [3.8, 4) is 0 Å². The second-order valence-corrected chi connectivity index (χ2v) is 7.22. The second-order valence-electron chi connectivity index (χ2n) is 7.22. The lowest BCUT2D eigenvalue weighted by molar-refractivity contribution is 0.0488. The Bertz CT molecular complexity index is 592. The van der Waals surface area contributed by atoms with Gasteiger partial charge in [0.25, 0.3) is 0 Å². The summed E-state index contributed by atoms with van der Waals surface area (Å²) >= 11 is 0. The van der Waals surface area contributed by atoms with Crippen LogP contribution in [-0.2, 0) is 4.74 Å². The number of esters is 1. The van der Waals surface area contributed by atoms with E-state index < -0.39 is 11.9 Å². The molecule has 0 aliphatic rings. The number of benzene rings is 1. The average molecular weight is 389 g/mol. The minimum absolute atomic E-state index is 0.0172. The summed E-state index contributed by atoms with van der Waals surface area (Å²) in [5, 5.41) is 9.10. The van der Waals surface area contributed by atoms with E-state index in [0.29, 0.717) is 6.61 Å². The molecule has 0 fully saturated rings. The van der Waals surface area contributed by atoms with Crippen LogP contribution in [0.3, 0.4) is 0 Å². The molecule has 4 heteroatoms. The first-order valence-electron chi connectivity index (χ1n) is 10.8. The number of unbranched alkanes of at least 4 members (excludes halogenated alkanes) is 10. The number of hydrogen-bond donors (Lipinski definition) is 1. The van der Waals surface area contributed by atoms with Crippen molar-refractivity contribution in [3.63, 3.8) is 0 Å². The Morgan fingerprint density at radius 3 is 1.96 bits per heavy atom. The highest BCUT2D eigenvalue weighted by Crippen LogP contribution is 2.12. The van der Waals surface area contributed by atoms with Crippen molar-refractivity contribution < 1.29 is 19.4 Å². The van der Waals surface area contributed by atoms with Gasteiger partial charge in [-0.05, 0) is 44.2 Å². The van der Waals surface area contributed by atoms with Gasteiger partial charge in [-0.1, -0.05) is 76.2 Å². The summed E-state index contributed by atoms with van der Waals surface area (Å²) in [6, 6.07) is 6.14. The zero-order valence-corrected chi connectivity index (χ0v) is 17.3. The first kappa shape index (κ1) is 23.9. The van der Waals surface area contributed by atoms with Crippen LogP contribution in [0.4, 0.5) is 0 Å². The van der Waals surface area contributed by atoms with Crippen LogP contribution < -0.4 is 0 Å². The van der Waals surface area contributed by atoms with Gasteiger partial charge in [0.15, 0.2) is 0 Å². The fraction of sp³-hybridized carbons (Fsp3) is 0.583. The van der Waals surface area contributed by atoms with E-state index in [9.17, 15) is 9.59 Å². The van der Waals surface area contributed by atoms with Gasteiger partial charge in [0.1, 0.15) is 0 Å². The zero-order chi connectivity index (χ0) is 20.5. The average Bonchev–Trinajstić information content (AvgIpc) is 2.70. The van der Waals surface area contributed by atoms with Crippen molar-refractivity contribution in [2.75, 3.05) is 6.61 Å². The topological polar surface area (TPSA) is 63.6 Å². The van der Waals surface area contributed by atoms with Gasteiger partial charge in [0.05, 0.1) is 17.7 Å². The van der Waals surface area contributed by atoms with E-state index in [-0.39, 0.29) is 11.1 Å². The van der Waals surface area contributed by atoms with E-state index in [2.05, 4.69) is 19.1 Å². The molecular weight excluding hydrogens is 352 g/mol. The lowest BCUT2D eigenvalue weighted by Crippen LogP contribution is -2.12. The highest BCUT2D eigenvalue weighted by Gasteiger charge is 2.16. The van der Waals surface area contributed by atoms with Crippen molar-refractivity contribution in [3.05, 3.63) is 47.5 Å². The molecule has 0 aliphatic heterocycles. The smallest absolute Gasteiger partial charge is 0.339 e. The molecule has 0 bridgehead atoms. The maximum atomic E-state index is 12.0. The van der Waals surface area contributed by atoms with Gasteiger partial charge in [-0.3, -0.25) is 0 Å². The number of carbonyl (C=O) groups excluding carboxylic acids is 1. The Hall–Kier alpha value is -2.10. The largest absolute Gasteiger partial charge is 0.478 e. The SMILES string of the molecule is CCCCCCCCCC/C=C/CCCCOC(=O)c1ccccc1C(=O)O. The summed E-state index contributed by atoms with van der Waals surface area (Å²) in [5.74, 6) is -1.68. The molecule has 156 valence electrons. The molecule has 0 heterocycles. The number of allylic oxidation sites excluding steroid dienone is 2. The predicted octanol–water partition coefficient (Wildman–Crippen LogP) is 6.80. The molecule has 1 aromatic carbocycles. The molecule has 0 saturated carbocycles. The number of rotatable bonds is 16. The Morgan fingerprint density at radius 2 is 1.36 bits per heavy atom. The standard InChI is InChI=1S/C24H36O4/c1-2-3-4-5-6-7-8-9-10-11-12-13-14-17-20-28-24(27)22-19-16-15-18-21(22)23(25)26/h11-12,15-16,18-19H,2-10,13-14,17,20H2,1H3,(H,25,26)/b12-11+. The molecule has 0 atom stereocenters. The van der Waals surface area contributed by atoms with Crippen molar-refractivity contribution in [2.24, 2.45) is 0 Å². The number of carboxylic acid groups (broad SMARTS) is 1. The monoisotopic (exact) mass is 388 g/mol. The number of carbonyl (C=O) groups is 2. The van der Waals surface area contributed by atoms with Crippen LogP contribution in [0, 0.1) is 0 Å². The highest BCUT2D eigenvalue weighted by molar-refractivity contribution is 6.02. The van der Waals surface area contributed by atoms with Crippen molar-refractivity contribution in [2.45, 2.75) is 84.0 Å². The quantitative estimate of drug-likeness (QED) is 0.192. The minimum Gasteiger partial charge on any atom is -0.478 e. The molecule has 4 nitrogen and oxygen atoms in total. The normalized spacial score (nSPS) is 11.0. The summed E-state index contributed by atoms with van der Waals surface area (Å²) in [5.41, 5.74) is 0.0941. The van der Waals surface area contributed by atoms with E-state index in [1.807, 2.05) is 0 Å². The number of hydrogen-bond acceptors (Lipinski definition) is 3. The fourth-order valence-corrected chi connectivity index (χ4v) is 3.09. The Morgan fingerprint density at radius 1 is 0.821 bits per heavy atom. The highest BCUT2D eigenvalue weighted by atomic mass is 16.5. The molecular formula is C24H36O4. The zero-order valence-electron chi connectivity index (χ0n) is 17.3. The molecule has 0 aromatic heterocycles. The van der Waals surface area contributed by atoms with Crippen molar-refractivity contribution in [1.82, 2.24) is 0 Å².